The van der Waals surface area contributed by atoms with Gasteiger partial charge >= 0.3 is 12.0 Å². The number of hydrogen-bond acceptors (Lipinski definition) is 4. The van der Waals surface area contributed by atoms with Crippen molar-refractivity contribution >= 4 is 29.1 Å². The van der Waals surface area contributed by atoms with Gasteiger partial charge in [-0.25, -0.2) is 9.59 Å². The van der Waals surface area contributed by atoms with Crippen LogP contribution in [0.4, 0.5) is 21.9 Å². The van der Waals surface area contributed by atoms with Crippen molar-refractivity contribution < 1.29 is 14.3 Å². The zero-order valence-electron chi connectivity index (χ0n) is 13.3. The topological polar surface area (TPSA) is 79.5 Å². The second kappa shape index (κ2) is 7.04. The molecule has 0 aliphatic heterocycles. The van der Waals surface area contributed by atoms with E-state index in [4.69, 9.17) is 4.74 Å². The summed E-state index contributed by atoms with van der Waals surface area (Å²) in [5.74, 6) is -0.375. The summed E-state index contributed by atoms with van der Waals surface area (Å²) in [7, 11) is 1.35. The average molecular weight is 325 g/mol. The first kappa shape index (κ1) is 15.9. The molecule has 1 aliphatic carbocycles. The summed E-state index contributed by atoms with van der Waals surface area (Å²) >= 11 is 0. The SMILES string of the molecule is COC(=O)c1cccc(Nc2ccc(NC(=O)NC3CC3)cc2)c1. The Morgan fingerprint density at radius 2 is 1.71 bits per heavy atom. The lowest BCUT2D eigenvalue weighted by Crippen LogP contribution is -2.30. The van der Waals surface area contributed by atoms with Crippen molar-refractivity contribution in [3.05, 3.63) is 54.1 Å². The fraction of sp³-hybridized carbons (Fsp3) is 0.222. The third kappa shape index (κ3) is 4.25. The molecule has 3 rings (SSSR count). The van der Waals surface area contributed by atoms with E-state index in [2.05, 4.69) is 16.0 Å². The van der Waals surface area contributed by atoms with Crippen molar-refractivity contribution in [2.24, 2.45) is 0 Å². The molecular formula is C18H19N3O3. The summed E-state index contributed by atoms with van der Waals surface area (Å²) in [6, 6.07) is 14.6. The van der Waals surface area contributed by atoms with Gasteiger partial charge < -0.3 is 20.7 Å². The second-order valence-corrected chi connectivity index (χ2v) is 5.65. The molecule has 24 heavy (non-hydrogen) atoms. The van der Waals surface area contributed by atoms with Crippen LogP contribution in [0.3, 0.4) is 0 Å². The van der Waals surface area contributed by atoms with Crippen LogP contribution in [0.15, 0.2) is 48.5 Å². The summed E-state index contributed by atoms with van der Waals surface area (Å²) in [6.45, 7) is 0. The maximum Gasteiger partial charge on any atom is 0.337 e. The van der Waals surface area contributed by atoms with Gasteiger partial charge in [0.25, 0.3) is 0 Å². The number of nitrogens with one attached hydrogen (secondary N) is 3. The summed E-state index contributed by atoms with van der Waals surface area (Å²) in [5.41, 5.74) is 2.84. The summed E-state index contributed by atoms with van der Waals surface area (Å²) in [4.78, 5) is 23.2. The second-order valence-electron chi connectivity index (χ2n) is 5.65. The zero-order valence-corrected chi connectivity index (χ0v) is 13.3. The van der Waals surface area contributed by atoms with Crippen LogP contribution in [-0.2, 0) is 4.74 Å². The molecule has 0 saturated heterocycles. The summed E-state index contributed by atoms with van der Waals surface area (Å²) in [5, 5.41) is 8.88. The third-order valence-corrected chi connectivity index (χ3v) is 3.63. The highest BCUT2D eigenvalue weighted by Crippen LogP contribution is 2.21. The minimum absolute atomic E-state index is 0.177. The predicted octanol–water partition coefficient (Wildman–Crippen LogP) is 3.50. The van der Waals surface area contributed by atoms with Gasteiger partial charge in [0.1, 0.15) is 0 Å². The fourth-order valence-corrected chi connectivity index (χ4v) is 2.23. The van der Waals surface area contributed by atoms with Gasteiger partial charge in [0.2, 0.25) is 0 Å². The Labute approximate surface area is 140 Å². The first-order valence-corrected chi connectivity index (χ1v) is 7.77. The van der Waals surface area contributed by atoms with Crippen LogP contribution in [-0.4, -0.2) is 25.2 Å². The van der Waals surface area contributed by atoms with Crippen molar-refractivity contribution in [3.63, 3.8) is 0 Å². The van der Waals surface area contributed by atoms with Crippen molar-refractivity contribution in [2.75, 3.05) is 17.7 Å². The van der Waals surface area contributed by atoms with Crippen LogP contribution < -0.4 is 16.0 Å². The molecule has 124 valence electrons. The number of anilines is 3. The van der Waals surface area contributed by atoms with Crippen molar-refractivity contribution in [1.29, 1.82) is 0 Å². The Hall–Kier alpha value is -3.02. The number of carbonyl (C=O) groups is 2. The number of urea groups is 1. The van der Waals surface area contributed by atoms with E-state index < -0.39 is 0 Å². The smallest absolute Gasteiger partial charge is 0.337 e. The van der Waals surface area contributed by atoms with Crippen LogP contribution >= 0.6 is 0 Å². The van der Waals surface area contributed by atoms with Gasteiger partial charge in [-0.15, -0.1) is 0 Å². The van der Waals surface area contributed by atoms with Crippen LogP contribution in [0.2, 0.25) is 0 Å². The Kier molecular flexibility index (Phi) is 4.65. The maximum absolute atomic E-state index is 11.7. The zero-order chi connectivity index (χ0) is 16.9. The van der Waals surface area contributed by atoms with E-state index in [1.165, 1.54) is 7.11 Å². The lowest BCUT2D eigenvalue weighted by atomic mass is 10.2. The molecule has 6 heteroatoms. The van der Waals surface area contributed by atoms with E-state index in [1.54, 1.807) is 18.2 Å². The van der Waals surface area contributed by atoms with Gasteiger partial charge in [-0.05, 0) is 55.3 Å². The maximum atomic E-state index is 11.7. The molecule has 3 N–H and O–H groups in total. The number of hydrogen-bond donors (Lipinski definition) is 3. The highest BCUT2D eigenvalue weighted by atomic mass is 16.5. The lowest BCUT2D eigenvalue weighted by molar-refractivity contribution is 0.0601. The molecule has 0 aromatic heterocycles. The molecule has 0 atom stereocenters. The lowest BCUT2D eigenvalue weighted by Gasteiger charge is -2.10. The van der Waals surface area contributed by atoms with Crippen molar-refractivity contribution in [3.8, 4) is 0 Å². The number of amides is 2. The van der Waals surface area contributed by atoms with Crippen LogP contribution in [0, 0.1) is 0 Å². The largest absolute Gasteiger partial charge is 0.465 e. The molecule has 2 aromatic rings. The van der Waals surface area contributed by atoms with E-state index in [0.717, 1.165) is 29.9 Å². The number of ether oxygens (including phenoxy) is 1. The molecule has 0 heterocycles. The van der Waals surface area contributed by atoms with Crippen molar-refractivity contribution in [2.45, 2.75) is 18.9 Å². The van der Waals surface area contributed by atoms with E-state index >= 15 is 0 Å². The van der Waals surface area contributed by atoms with Crippen LogP contribution in [0.1, 0.15) is 23.2 Å². The molecule has 2 aromatic carbocycles. The summed E-state index contributed by atoms with van der Waals surface area (Å²) in [6.07, 6.45) is 2.11. The molecule has 6 nitrogen and oxygen atoms in total. The molecule has 0 bridgehead atoms. The van der Waals surface area contributed by atoms with Crippen LogP contribution in [0.25, 0.3) is 0 Å². The molecule has 2 amide bonds. The number of rotatable bonds is 5. The Morgan fingerprint density at radius 3 is 2.38 bits per heavy atom. The average Bonchev–Trinajstić information content (AvgIpc) is 3.40. The first-order chi connectivity index (χ1) is 11.6. The number of benzene rings is 2. The molecule has 0 spiro atoms. The van der Waals surface area contributed by atoms with E-state index in [0.29, 0.717) is 11.6 Å². The molecular weight excluding hydrogens is 306 g/mol. The quantitative estimate of drug-likeness (QED) is 0.735. The summed E-state index contributed by atoms with van der Waals surface area (Å²) < 4.78 is 4.71. The van der Waals surface area contributed by atoms with Crippen molar-refractivity contribution in [1.82, 2.24) is 5.32 Å². The van der Waals surface area contributed by atoms with Gasteiger partial charge in [-0.1, -0.05) is 6.07 Å². The van der Waals surface area contributed by atoms with Crippen LogP contribution in [0.5, 0.6) is 0 Å². The van der Waals surface area contributed by atoms with Gasteiger partial charge in [-0.3, -0.25) is 0 Å². The molecule has 0 unspecified atom stereocenters. The Balaban J connectivity index is 1.61. The number of carbonyl (C=O) groups excluding carboxylic acids is 2. The monoisotopic (exact) mass is 325 g/mol. The molecule has 1 saturated carbocycles. The minimum atomic E-state index is -0.375. The van der Waals surface area contributed by atoms with Gasteiger partial charge in [0.15, 0.2) is 0 Å². The van der Waals surface area contributed by atoms with E-state index in [9.17, 15) is 9.59 Å². The van der Waals surface area contributed by atoms with Gasteiger partial charge in [0, 0.05) is 23.1 Å². The Morgan fingerprint density at radius 1 is 1.00 bits per heavy atom. The number of methoxy groups -OCH3 is 1. The third-order valence-electron chi connectivity index (χ3n) is 3.63. The molecule has 0 radical (unpaired) electrons. The van der Waals surface area contributed by atoms with E-state index in [-0.39, 0.29) is 12.0 Å². The minimum Gasteiger partial charge on any atom is -0.465 e. The number of esters is 1. The van der Waals surface area contributed by atoms with E-state index in [1.807, 2.05) is 30.3 Å². The Bertz CT molecular complexity index is 739. The fourth-order valence-electron chi connectivity index (χ4n) is 2.23. The first-order valence-electron chi connectivity index (χ1n) is 7.77. The molecule has 1 fully saturated rings. The highest BCUT2D eigenvalue weighted by Gasteiger charge is 2.23. The predicted molar refractivity (Wildman–Crippen MR) is 92.7 cm³/mol. The van der Waals surface area contributed by atoms with Gasteiger partial charge in [0.05, 0.1) is 12.7 Å². The highest BCUT2D eigenvalue weighted by molar-refractivity contribution is 5.91. The molecule has 1 aliphatic rings. The van der Waals surface area contributed by atoms with Gasteiger partial charge in [-0.2, -0.15) is 0 Å². The normalized spacial score (nSPS) is 13.0. The standard InChI is InChI=1S/C18H19N3O3/c1-24-17(22)12-3-2-4-16(11-12)19-13-5-7-14(8-6-13)20-18(23)21-15-9-10-15/h2-8,11,15,19H,9-10H2,1H3,(H2,20,21,23).